The summed E-state index contributed by atoms with van der Waals surface area (Å²) in [5.41, 5.74) is 0.671. The molecule has 18 heavy (non-hydrogen) atoms. The Bertz CT molecular complexity index is 494. The van der Waals surface area contributed by atoms with Gasteiger partial charge in [-0.3, -0.25) is 0 Å². The van der Waals surface area contributed by atoms with Crippen LogP contribution in [0.15, 0.2) is 24.0 Å². The summed E-state index contributed by atoms with van der Waals surface area (Å²) in [6.07, 6.45) is 1.92. The highest BCUT2D eigenvalue weighted by molar-refractivity contribution is 5.56. The number of rotatable bonds is 3. The fraction of sp³-hybridized carbons (Fsp3) is 0.385. The highest BCUT2D eigenvalue weighted by Gasteiger charge is 2.25. The molecular formula is C13H14O5. The van der Waals surface area contributed by atoms with E-state index in [1.54, 1.807) is 19.2 Å². The maximum absolute atomic E-state index is 10.2. The smallest absolute Gasteiger partial charge is 0.231 e. The topological polar surface area (TPSA) is 57.2 Å². The van der Waals surface area contributed by atoms with Crippen molar-refractivity contribution in [3.05, 3.63) is 29.5 Å². The van der Waals surface area contributed by atoms with Crippen molar-refractivity contribution in [2.75, 3.05) is 20.5 Å². The zero-order valence-electron chi connectivity index (χ0n) is 10.0. The molecule has 5 heteroatoms. The summed E-state index contributed by atoms with van der Waals surface area (Å²) in [7, 11) is 1.55. The van der Waals surface area contributed by atoms with Gasteiger partial charge >= 0.3 is 0 Å². The van der Waals surface area contributed by atoms with Crippen molar-refractivity contribution in [3.63, 3.8) is 0 Å². The fourth-order valence-corrected chi connectivity index (χ4v) is 2.10. The van der Waals surface area contributed by atoms with Crippen LogP contribution >= 0.6 is 0 Å². The maximum atomic E-state index is 10.2. The summed E-state index contributed by atoms with van der Waals surface area (Å²) in [4.78, 5) is 0. The van der Waals surface area contributed by atoms with E-state index in [1.165, 1.54) is 0 Å². The second kappa shape index (κ2) is 4.42. The highest BCUT2D eigenvalue weighted by atomic mass is 16.7. The number of benzene rings is 1. The lowest BCUT2D eigenvalue weighted by Crippen LogP contribution is -2.03. The molecule has 0 saturated heterocycles. The monoisotopic (exact) mass is 250 g/mol. The van der Waals surface area contributed by atoms with E-state index in [0.717, 1.165) is 6.42 Å². The van der Waals surface area contributed by atoms with Crippen molar-refractivity contribution >= 4 is 0 Å². The summed E-state index contributed by atoms with van der Waals surface area (Å²) in [5.74, 6) is 2.30. The Balaban J connectivity index is 1.97. The molecule has 0 aromatic heterocycles. The van der Waals surface area contributed by atoms with E-state index in [9.17, 15) is 5.11 Å². The minimum atomic E-state index is -0.795. The Morgan fingerprint density at radius 2 is 2.17 bits per heavy atom. The maximum Gasteiger partial charge on any atom is 0.231 e. The Kier molecular flexibility index (Phi) is 2.76. The third kappa shape index (κ3) is 1.76. The molecular weight excluding hydrogens is 236 g/mol. The van der Waals surface area contributed by atoms with Crippen LogP contribution in [0.2, 0.25) is 0 Å². The summed E-state index contributed by atoms with van der Waals surface area (Å²) in [5, 5.41) is 10.2. The minimum absolute atomic E-state index is 0.171. The first kappa shape index (κ1) is 11.2. The second-order valence-electron chi connectivity index (χ2n) is 4.10. The zero-order valence-corrected chi connectivity index (χ0v) is 10.0. The summed E-state index contributed by atoms with van der Waals surface area (Å²) in [6.45, 7) is 0.790. The van der Waals surface area contributed by atoms with Crippen molar-refractivity contribution in [2.24, 2.45) is 0 Å². The van der Waals surface area contributed by atoms with E-state index >= 15 is 0 Å². The lowest BCUT2D eigenvalue weighted by molar-refractivity contribution is 0.118. The standard InChI is InChI=1S/C13H14O5/c1-15-10-5-8(6-11-13(10)18-7-17-11)12(14)9-3-2-4-16-9/h3,5-6,12,14H,2,4,7H2,1H3. The average molecular weight is 250 g/mol. The Morgan fingerprint density at radius 1 is 1.28 bits per heavy atom. The third-order valence-corrected chi connectivity index (χ3v) is 3.00. The molecule has 0 aliphatic carbocycles. The van der Waals surface area contributed by atoms with E-state index < -0.39 is 6.10 Å². The van der Waals surface area contributed by atoms with Crippen LogP contribution < -0.4 is 14.2 Å². The summed E-state index contributed by atoms with van der Waals surface area (Å²) in [6, 6.07) is 3.48. The van der Waals surface area contributed by atoms with Gasteiger partial charge in [-0.1, -0.05) is 0 Å². The van der Waals surface area contributed by atoms with Crippen LogP contribution in [-0.2, 0) is 4.74 Å². The predicted molar refractivity (Wildman–Crippen MR) is 62.7 cm³/mol. The minimum Gasteiger partial charge on any atom is -0.495 e. The van der Waals surface area contributed by atoms with Gasteiger partial charge in [0.1, 0.15) is 11.9 Å². The molecule has 1 aromatic carbocycles. The van der Waals surface area contributed by atoms with E-state index in [0.29, 0.717) is 35.2 Å². The van der Waals surface area contributed by atoms with E-state index in [4.69, 9.17) is 18.9 Å². The molecule has 1 atom stereocenters. The first-order valence-corrected chi connectivity index (χ1v) is 5.78. The summed E-state index contributed by atoms with van der Waals surface area (Å²) < 4.78 is 21.2. The summed E-state index contributed by atoms with van der Waals surface area (Å²) >= 11 is 0. The largest absolute Gasteiger partial charge is 0.495 e. The molecule has 1 N–H and O–H groups in total. The van der Waals surface area contributed by atoms with Crippen molar-refractivity contribution in [3.8, 4) is 17.2 Å². The molecule has 2 heterocycles. The molecule has 3 rings (SSSR count). The lowest BCUT2D eigenvalue weighted by Gasteiger charge is -2.14. The van der Waals surface area contributed by atoms with Crippen LogP contribution in [0.1, 0.15) is 18.1 Å². The van der Waals surface area contributed by atoms with Crippen molar-refractivity contribution in [1.82, 2.24) is 0 Å². The Morgan fingerprint density at radius 3 is 2.89 bits per heavy atom. The number of hydrogen-bond acceptors (Lipinski definition) is 5. The number of methoxy groups -OCH3 is 1. The van der Waals surface area contributed by atoms with Crippen LogP contribution in [0.5, 0.6) is 17.2 Å². The molecule has 0 amide bonds. The quantitative estimate of drug-likeness (QED) is 0.885. The molecule has 1 unspecified atom stereocenters. The van der Waals surface area contributed by atoms with Crippen molar-refractivity contribution in [2.45, 2.75) is 12.5 Å². The third-order valence-electron chi connectivity index (χ3n) is 3.00. The normalized spacial score (nSPS) is 18.2. The number of fused-ring (bicyclic) bond motifs is 1. The van der Waals surface area contributed by atoms with Gasteiger partial charge in [0, 0.05) is 6.42 Å². The van der Waals surface area contributed by atoms with Crippen LogP contribution in [0, 0.1) is 0 Å². The van der Waals surface area contributed by atoms with E-state index in [1.807, 2.05) is 6.08 Å². The molecule has 0 fully saturated rings. The molecule has 5 nitrogen and oxygen atoms in total. The second-order valence-corrected chi connectivity index (χ2v) is 4.10. The fourth-order valence-electron chi connectivity index (χ4n) is 2.10. The van der Waals surface area contributed by atoms with Crippen LogP contribution in [0.3, 0.4) is 0 Å². The van der Waals surface area contributed by atoms with Crippen molar-refractivity contribution in [1.29, 1.82) is 0 Å². The molecule has 0 spiro atoms. The van der Waals surface area contributed by atoms with Gasteiger partial charge in [0.15, 0.2) is 11.5 Å². The highest BCUT2D eigenvalue weighted by Crippen LogP contribution is 2.44. The zero-order chi connectivity index (χ0) is 12.5. The molecule has 0 radical (unpaired) electrons. The van der Waals surface area contributed by atoms with Gasteiger partial charge in [0.2, 0.25) is 12.5 Å². The number of aliphatic hydroxyl groups is 1. The van der Waals surface area contributed by atoms with Gasteiger partial charge in [-0.2, -0.15) is 0 Å². The molecule has 1 aromatic rings. The van der Waals surface area contributed by atoms with E-state index in [-0.39, 0.29) is 6.79 Å². The van der Waals surface area contributed by atoms with Crippen LogP contribution in [0.4, 0.5) is 0 Å². The van der Waals surface area contributed by atoms with Gasteiger partial charge in [0.25, 0.3) is 0 Å². The average Bonchev–Trinajstić information content (AvgIpc) is 3.07. The first-order chi connectivity index (χ1) is 8.79. The van der Waals surface area contributed by atoms with Crippen molar-refractivity contribution < 1.29 is 24.1 Å². The molecule has 2 aliphatic heterocycles. The molecule has 0 bridgehead atoms. The van der Waals surface area contributed by atoms with Crippen LogP contribution in [0.25, 0.3) is 0 Å². The van der Waals surface area contributed by atoms with Gasteiger partial charge < -0.3 is 24.1 Å². The van der Waals surface area contributed by atoms with Gasteiger partial charge in [-0.15, -0.1) is 0 Å². The SMILES string of the molecule is COc1cc(C(O)C2=CCCO2)cc2c1OCO2. The Labute approximate surface area is 105 Å². The lowest BCUT2D eigenvalue weighted by atomic mass is 10.1. The van der Waals surface area contributed by atoms with Crippen LogP contribution in [-0.4, -0.2) is 25.6 Å². The number of aliphatic hydroxyl groups excluding tert-OH is 1. The number of hydrogen-bond donors (Lipinski definition) is 1. The van der Waals surface area contributed by atoms with Gasteiger partial charge in [-0.05, 0) is 23.8 Å². The van der Waals surface area contributed by atoms with E-state index in [2.05, 4.69) is 0 Å². The molecule has 96 valence electrons. The predicted octanol–water partition coefficient (Wildman–Crippen LogP) is 1.76. The number of ether oxygens (including phenoxy) is 4. The first-order valence-electron chi connectivity index (χ1n) is 5.78. The molecule has 0 saturated carbocycles. The Hall–Kier alpha value is -1.88. The van der Waals surface area contributed by atoms with Gasteiger partial charge in [0.05, 0.1) is 13.7 Å². The van der Waals surface area contributed by atoms with Gasteiger partial charge in [-0.25, -0.2) is 0 Å². The molecule has 2 aliphatic rings.